The summed E-state index contributed by atoms with van der Waals surface area (Å²) in [5.74, 6) is 1.64. The monoisotopic (exact) mass is 259 g/mol. The van der Waals surface area contributed by atoms with Crippen LogP contribution in [0.15, 0.2) is 18.6 Å². The van der Waals surface area contributed by atoms with Gasteiger partial charge in [0.25, 0.3) is 0 Å². The fraction of sp³-hybridized carbons (Fsp3) is 0.571. The zero-order valence-electron chi connectivity index (χ0n) is 11.3. The van der Waals surface area contributed by atoms with Gasteiger partial charge in [-0.15, -0.1) is 0 Å². The Kier molecular flexibility index (Phi) is 3.38. The largest absolute Gasteiger partial charge is 0.342 e. The first kappa shape index (κ1) is 12.4. The fourth-order valence-corrected chi connectivity index (χ4v) is 2.76. The van der Waals surface area contributed by atoms with Crippen LogP contribution in [-0.2, 0) is 6.54 Å². The molecule has 19 heavy (non-hydrogen) atoms. The van der Waals surface area contributed by atoms with Gasteiger partial charge in [0, 0.05) is 30.3 Å². The Hall–Kier alpha value is -1.62. The van der Waals surface area contributed by atoms with Gasteiger partial charge in [0.15, 0.2) is 0 Å². The summed E-state index contributed by atoms with van der Waals surface area (Å²) in [5, 5.41) is 4.30. The van der Waals surface area contributed by atoms with Crippen LogP contribution in [0.3, 0.4) is 0 Å². The molecule has 0 aliphatic heterocycles. The molecule has 1 fully saturated rings. The second-order valence-corrected chi connectivity index (χ2v) is 5.38. The van der Waals surface area contributed by atoms with E-state index in [1.165, 1.54) is 0 Å². The molecular weight excluding hydrogens is 238 g/mol. The number of nitrogens with zero attached hydrogens (tertiary/aromatic N) is 3. The van der Waals surface area contributed by atoms with Crippen LogP contribution >= 0.6 is 0 Å². The van der Waals surface area contributed by atoms with E-state index in [4.69, 9.17) is 5.73 Å². The van der Waals surface area contributed by atoms with Gasteiger partial charge < -0.3 is 10.7 Å². The second-order valence-electron chi connectivity index (χ2n) is 5.38. The lowest BCUT2D eigenvalue weighted by molar-refractivity contribution is 0.386. The highest BCUT2D eigenvalue weighted by Gasteiger charge is 2.22. The number of aryl methyl sites for hydroxylation is 1. The van der Waals surface area contributed by atoms with E-state index in [9.17, 15) is 0 Å². The maximum atomic E-state index is 5.95. The molecule has 0 saturated heterocycles. The van der Waals surface area contributed by atoms with E-state index >= 15 is 0 Å². The van der Waals surface area contributed by atoms with E-state index in [0.29, 0.717) is 12.0 Å². The highest BCUT2D eigenvalue weighted by molar-refractivity contribution is 5.56. The van der Waals surface area contributed by atoms with Crippen molar-refractivity contribution >= 4 is 0 Å². The molecule has 5 nitrogen and oxygen atoms in total. The Balaban J connectivity index is 1.75. The number of nitrogens with one attached hydrogen (secondary N) is 1. The Morgan fingerprint density at radius 2 is 2.11 bits per heavy atom. The third-order valence-corrected chi connectivity index (χ3v) is 4.02. The topological polar surface area (TPSA) is 72.5 Å². The minimum absolute atomic E-state index is 0.383. The minimum atomic E-state index is 0.383. The standard InChI is InChI=1S/C14H21N5/c1-2-19-9-11(7-17-19)13-8-16-14(18-13)10-3-5-12(15)6-4-10/h7-10,12H,2-6,15H2,1H3,(H,16,18). The van der Waals surface area contributed by atoms with Crippen molar-refractivity contribution in [2.75, 3.05) is 0 Å². The van der Waals surface area contributed by atoms with Crippen molar-refractivity contribution in [1.82, 2.24) is 19.7 Å². The van der Waals surface area contributed by atoms with Gasteiger partial charge in [-0.1, -0.05) is 0 Å². The van der Waals surface area contributed by atoms with Crippen LogP contribution < -0.4 is 5.73 Å². The van der Waals surface area contributed by atoms with E-state index in [1.54, 1.807) is 0 Å². The zero-order chi connectivity index (χ0) is 13.2. The average molecular weight is 259 g/mol. The summed E-state index contributed by atoms with van der Waals surface area (Å²) in [6.45, 7) is 2.97. The van der Waals surface area contributed by atoms with Crippen LogP contribution in [0.4, 0.5) is 0 Å². The summed E-state index contributed by atoms with van der Waals surface area (Å²) in [5.41, 5.74) is 8.11. The maximum Gasteiger partial charge on any atom is 0.109 e. The number of nitrogens with two attached hydrogens (primary N) is 1. The van der Waals surface area contributed by atoms with Gasteiger partial charge in [0.2, 0.25) is 0 Å². The third-order valence-electron chi connectivity index (χ3n) is 4.02. The first-order chi connectivity index (χ1) is 9.26. The Labute approximate surface area is 113 Å². The summed E-state index contributed by atoms with van der Waals surface area (Å²) in [4.78, 5) is 7.99. The quantitative estimate of drug-likeness (QED) is 0.888. The molecule has 102 valence electrons. The lowest BCUT2D eigenvalue weighted by Gasteiger charge is -2.24. The molecule has 0 spiro atoms. The summed E-state index contributed by atoms with van der Waals surface area (Å²) in [7, 11) is 0. The van der Waals surface area contributed by atoms with Crippen LogP contribution in [-0.4, -0.2) is 25.8 Å². The molecule has 0 radical (unpaired) electrons. The Morgan fingerprint density at radius 3 is 2.79 bits per heavy atom. The highest BCUT2D eigenvalue weighted by atomic mass is 15.3. The highest BCUT2D eigenvalue weighted by Crippen LogP contribution is 2.31. The Bertz CT molecular complexity index is 534. The summed E-state index contributed by atoms with van der Waals surface area (Å²) in [6, 6.07) is 0.383. The van der Waals surface area contributed by atoms with Gasteiger partial charge in [0.05, 0.1) is 18.1 Å². The van der Waals surface area contributed by atoms with Crippen LogP contribution in [0.2, 0.25) is 0 Å². The number of aromatic nitrogens is 4. The number of rotatable bonds is 3. The molecule has 5 heteroatoms. The van der Waals surface area contributed by atoms with E-state index in [-0.39, 0.29) is 0 Å². The molecule has 0 bridgehead atoms. The van der Waals surface area contributed by atoms with Gasteiger partial charge in [0.1, 0.15) is 5.82 Å². The zero-order valence-corrected chi connectivity index (χ0v) is 11.3. The molecule has 1 aliphatic rings. The molecular formula is C14H21N5. The molecule has 0 atom stereocenters. The molecule has 1 saturated carbocycles. The molecule has 2 aromatic rings. The average Bonchev–Trinajstić information content (AvgIpc) is 3.08. The first-order valence-corrected chi connectivity index (χ1v) is 7.09. The SMILES string of the molecule is CCn1cc(-c2cnc(C3CCC(N)CC3)[nH]2)cn1. The van der Waals surface area contributed by atoms with Gasteiger partial charge in [-0.3, -0.25) is 4.68 Å². The number of imidazole rings is 1. The second kappa shape index (κ2) is 5.17. The Morgan fingerprint density at radius 1 is 1.32 bits per heavy atom. The molecule has 3 N–H and O–H groups in total. The number of aromatic amines is 1. The molecule has 3 rings (SSSR count). The van der Waals surface area contributed by atoms with Crippen LogP contribution in [0, 0.1) is 0 Å². The van der Waals surface area contributed by atoms with E-state index in [2.05, 4.69) is 22.0 Å². The number of hydrogen-bond acceptors (Lipinski definition) is 3. The van der Waals surface area contributed by atoms with Crippen LogP contribution in [0.1, 0.15) is 44.3 Å². The predicted octanol–water partition coefficient (Wildman–Crippen LogP) is 2.28. The van der Waals surface area contributed by atoms with Gasteiger partial charge in [-0.05, 0) is 32.6 Å². The minimum Gasteiger partial charge on any atom is -0.342 e. The van der Waals surface area contributed by atoms with E-state index < -0.39 is 0 Å². The first-order valence-electron chi connectivity index (χ1n) is 7.09. The van der Waals surface area contributed by atoms with Crippen molar-refractivity contribution in [1.29, 1.82) is 0 Å². The lowest BCUT2D eigenvalue weighted by Crippen LogP contribution is -2.26. The third kappa shape index (κ3) is 2.56. The summed E-state index contributed by atoms with van der Waals surface area (Å²) in [6.07, 6.45) is 10.3. The smallest absolute Gasteiger partial charge is 0.109 e. The van der Waals surface area contributed by atoms with Crippen molar-refractivity contribution in [2.24, 2.45) is 5.73 Å². The van der Waals surface area contributed by atoms with Crippen molar-refractivity contribution in [3.05, 3.63) is 24.4 Å². The number of hydrogen-bond donors (Lipinski definition) is 2. The van der Waals surface area contributed by atoms with Gasteiger partial charge in [-0.2, -0.15) is 5.10 Å². The number of H-pyrrole nitrogens is 1. The van der Waals surface area contributed by atoms with E-state index in [0.717, 1.165) is 49.3 Å². The van der Waals surface area contributed by atoms with Crippen molar-refractivity contribution in [3.8, 4) is 11.3 Å². The van der Waals surface area contributed by atoms with Crippen molar-refractivity contribution < 1.29 is 0 Å². The molecule has 1 aliphatic carbocycles. The molecule has 0 aromatic carbocycles. The fourth-order valence-electron chi connectivity index (χ4n) is 2.76. The van der Waals surface area contributed by atoms with Crippen molar-refractivity contribution in [3.63, 3.8) is 0 Å². The molecule has 2 aromatic heterocycles. The summed E-state index contributed by atoms with van der Waals surface area (Å²) < 4.78 is 1.93. The van der Waals surface area contributed by atoms with Gasteiger partial charge in [-0.25, -0.2) is 4.98 Å². The van der Waals surface area contributed by atoms with Crippen molar-refractivity contribution in [2.45, 2.75) is 51.1 Å². The predicted molar refractivity (Wildman–Crippen MR) is 74.7 cm³/mol. The summed E-state index contributed by atoms with van der Waals surface area (Å²) >= 11 is 0. The van der Waals surface area contributed by atoms with E-state index in [1.807, 2.05) is 23.3 Å². The molecule has 0 amide bonds. The van der Waals surface area contributed by atoms with Crippen LogP contribution in [0.25, 0.3) is 11.3 Å². The van der Waals surface area contributed by atoms with Gasteiger partial charge >= 0.3 is 0 Å². The molecule has 2 heterocycles. The van der Waals surface area contributed by atoms with Crippen LogP contribution in [0.5, 0.6) is 0 Å². The lowest BCUT2D eigenvalue weighted by atomic mass is 9.86. The maximum absolute atomic E-state index is 5.95. The normalized spacial score (nSPS) is 23.7. The molecule has 0 unspecified atom stereocenters.